The minimum absolute atomic E-state index is 0.00445. The molecule has 4 heteroatoms. The van der Waals surface area contributed by atoms with Gasteiger partial charge >= 0.3 is 0 Å². The molecule has 1 aliphatic heterocycles. The minimum atomic E-state index is -0.341. The monoisotopic (exact) mass is 388 g/mol. The first-order valence-corrected chi connectivity index (χ1v) is 9.95. The number of rotatable bonds is 3. The van der Waals surface area contributed by atoms with Gasteiger partial charge in [-0.3, -0.25) is 4.79 Å². The first-order chi connectivity index (χ1) is 13.9. The summed E-state index contributed by atoms with van der Waals surface area (Å²) < 4.78 is 13.3. The number of fused-ring (bicyclic) bond motifs is 1. The van der Waals surface area contributed by atoms with Crippen LogP contribution in [0.2, 0.25) is 0 Å². The van der Waals surface area contributed by atoms with Crippen LogP contribution in [0.25, 0.3) is 0 Å². The van der Waals surface area contributed by atoms with Gasteiger partial charge in [0.15, 0.2) is 0 Å². The van der Waals surface area contributed by atoms with E-state index >= 15 is 0 Å². The Hall–Kier alpha value is -3.14. The predicted octanol–water partition coefficient (Wildman–Crippen LogP) is 6.03. The molecule has 3 nitrogen and oxygen atoms in total. The summed E-state index contributed by atoms with van der Waals surface area (Å²) in [6.45, 7) is 6.17. The van der Waals surface area contributed by atoms with Gasteiger partial charge in [-0.2, -0.15) is 0 Å². The number of benzene rings is 3. The molecule has 1 amide bonds. The average molecular weight is 388 g/mol. The van der Waals surface area contributed by atoms with Crippen molar-refractivity contribution in [3.63, 3.8) is 0 Å². The second-order valence-electron chi connectivity index (χ2n) is 7.89. The number of hydrogen-bond donors (Lipinski definition) is 1. The third kappa shape index (κ3) is 3.88. The highest BCUT2D eigenvalue weighted by atomic mass is 19.1. The van der Waals surface area contributed by atoms with Crippen LogP contribution in [0.1, 0.15) is 46.4 Å². The molecule has 29 heavy (non-hydrogen) atoms. The van der Waals surface area contributed by atoms with E-state index < -0.39 is 0 Å². The Kier molecular flexibility index (Phi) is 5.10. The molecule has 0 aromatic heterocycles. The van der Waals surface area contributed by atoms with E-state index in [1.54, 1.807) is 12.1 Å². The molecule has 0 spiro atoms. The van der Waals surface area contributed by atoms with Crippen molar-refractivity contribution in [2.75, 3.05) is 10.2 Å². The summed E-state index contributed by atoms with van der Waals surface area (Å²) in [6, 6.07) is 20.5. The van der Waals surface area contributed by atoms with E-state index in [1.807, 2.05) is 11.8 Å². The molecule has 0 saturated carbocycles. The standard InChI is InChI=1S/C25H25FN2O/c1-16-4-11-21(12-5-16)27-23-15-18(3)28(24-14-17(2)6-13-22(23)24)25(29)19-7-9-20(26)10-8-19/h4-14,18,23,27H,15H2,1-3H3/t18-,23+/m1/s1. The number of hydrogen-bond acceptors (Lipinski definition) is 2. The van der Waals surface area contributed by atoms with Crippen LogP contribution in [0.15, 0.2) is 66.7 Å². The zero-order valence-electron chi connectivity index (χ0n) is 16.9. The van der Waals surface area contributed by atoms with Crippen molar-refractivity contribution in [2.24, 2.45) is 0 Å². The smallest absolute Gasteiger partial charge is 0.258 e. The number of carbonyl (C=O) groups is 1. The second-order valence-corrected chi connectivity index (χ2v) is 7.89. The lowest BCUT2D eigenvalue weighted by Crippen LogP contribution is -2.44. The van der Waals surface area contributed by atoms with E-state index in [2.05, 4.69) is 61.6 Å². The van der Waals surface area contributed by atoms with Gasteiger partial charge in [-0.25, -0.2) is 4.39 Å². The topological polar surface area (TPSA) is 32.3 Å². The number of amides is 1. The Balaban J connectivity index is 1.70. The molecule has 2 atom stereocenters. The fourth-order valence-electron chi connectivity index (χ4n) is 4.00. The average Bonchev–Trinajstić information content (AvgIpc) is 2.70. The van der Waals surface area contributed by atoms with Gasteiger partial charge in [0.1, 0.15) is 5.82 Å². The molecule has 0 aliphatic carbocycles. The summed E-state index contributed by atoms with van der Waals surface area (Å²) in [5.41, 5.74) is 5.91. The molecule has 0 bridgehead atoms. The van der Waals surface area contributed by atoms with Crippen molar-refractivity contribution >= 4 is 17.3 Å². The summed E-state index contributed by atoms with van der Waals surface area (Å²) in [5.74, 6) is -0.440. The van der Waals surface area contributed by atoms with Crippen LogP contribution in [0, 0.1) is 19.7 Å². The highest BCUT2D eigenvalue weighted by Gasteiger charge is 2.34. The third-order valence-electron chi connectivity index (χ3n) is 5.54. The Morgan fingerprint density at radius 1 is 0.966 bits per heavy atom. The van der Waals surface area contributed by atoms with Gasteiger partial charge in [0, 0.05) is 23.0 Å². The lowest BCUT2D eigenvalue weighted by molar-refractivity contribution is 0.0974. The van der Waals surface area contributed by atoms with Gasteiger partial charge in [-0.05, 0) is 80.8 Å². The van der Waals surface area contributed by atoms with Crippen LogP contribution in [-0.4, -0.2) is 11.9 Å². The number of anilines is 2. The van der Waals surface area contributed by atoms with Crippen LogP contribution >= 0.6 is 0 Å². The number of carbonyl (C=O) groups excluding carboxylic acids is 1. The summed E-state index contributed by atoms with van der Waals surface area (Å²) in [6.07, 6.45) is 0.789. The highest BCUT2D eigenvalue weighted by molar-refractivity contribution is 6.07. The summed E-state index contributed by atoms with van der Waals surface area (Å²) in [4.78, 5) is 15.1. The van der Waals surface area contributed by atoms with E-state index in [9.17, 15) is 9.18 Å². The third-order valence-corrected chi connectivity index (χ3v) is 5.54. The van der Waals surface area contributed by atoms with Gasteiger partial charge in [0.2, 0.25) is 0 Å². The quantitative estimate of drug-likeness (QED) is 0.594. The second kappa shape index (κ2) is 7.70. The molecular weight excluding hydrogens is 363 g/mol. The Morgan fingerprint density at radius 3 is 2.31 bits per heavy atom. The lowest BCUT2D eigenvalue weighted by Gasteiger charge is -2.40. The van der Waals surface area contributed by atoms with E-state index in [0.29, 0.717) is 5.56 Å². The predicted molar refractivity (Wildman–Crippen MR) is 116 cm³/mol. The Labute approximate surface area is 171 Å². The summed E-state index contributed by atoms with van der Waals surface area (Å²) >= 11 is 0. The van der Waals surface area contributed by atoms with Gasteiger partial charge < -0.3 is 10.2 Å². The van der Waals surface area contributed by atoms with Crippen molar-refractivity contribution in [1.29, 1.82) is 0 Å². The normalized spacial score (nSPS) is 18.3. The fraction of sp³-hybridized carbons (Fsp3) is 0.240. The molecule has 3 aromatic rings. The van der Waals surface area contributed by atoms with Crippen molar-refractivity contribution in [3.8, 4) is 0 Å². The fourth-order valence-corrected chi connectivity index (χ4v) is 4.00. The SMILES string of the molecule is Cc1ccc(N[C@H]2C[C@@H](C)N(C(=O)c3ccc(F)cc3)c3cc(C)ccc32)cc1. The molecular formula is C25H25FN2O. The molecule has 1 aliphatic rings. The first-order valence-electron chi connectivity index (χ1n) is 9.95. The molecule has 0 saturated heterocycles. The van der Waals surface area contributed by atoms with Gasteiger partial charge in [-0.15, -0.1) is 0 Å². The zero-order valence-corrected chi connectivity index (χ0v) is 16.9. The molecule has 3 aromatic carbocycles. The molecule has 1 heterocycles. The highest BCUT2D eigenvalue weighted by Crippen LogP contribution is 2.40. The van der Waals surface area contributed by atoms with E-state index in [-0.39, 0.29) is 23.8 Å². The van der Waals surface area contributed by atoms with E-state index in [0.717, 1.165) is 28.9 Å². The van der Waals surface area contributed by atoms with E-state index in [1.165, 1.54) is 17.7 Å². The van der Waals surface area contributed by atoms with Crippen molar-refractivity contribution < 1.29 is 9.18 Å². The first kappa shape index (κ1) is 19.2. The Morgan fingerprint density at radius 2 is 1.62 bits per heavy atom. The lowest BCUT2D eigenvalue weighted by atomic mass is 9.90. The largest absolute Gasteiger partial charge is 0.378 e. The number of nitrogens with one attached hydrogen (secondary N) is 1. The van der Waals surface area contributed by atoms with E-state index in [4.69, 9.17) is 0 Å². The van der Waals surface area contributed by atoms with Crippen molar-refractivity contribution in [3.05, 3.63) is 94.8 Å². The van der Waals surface area contributed by atoms with Gasteiger partial charge in [0.05, 0.1) is 6.04 Å². The minimum Gasteiger partial charge on any atom is -0.378 e. The maximum Gasteiger partial charge on any atom is 0.258 e. The van der Waals surface area contributed by atoms with Gasteiger partial charge in [0.25, 0.3) is 5.91 Å². The number of aryl methyl sites for hydroxylation is 2. The molecule has 0 radical (unpaired) electrons. The maximum atomic E-state index is 13.3. The molecule has 0 unspecified atom stereocenters. The van der Waals surface area contributed by atoms with Crippen LogP contribution in [0.4, 0.5) is 15.8 Å². The molecule has 0 fully saturated rings. The zero-order chi connectivity index (χ0) is 20.5. The van der Waals surface area contributed by atoms with Crippen molar-refractivity contribution in [2.45, 2.75) is 39.3 Å². The number of halogens is 1. The summed E-state index contributed by atoms with van der Waals surface area (Å²) in [7, 11) is 0. The molecule has 1 N–H and O–H groups in total. The Bertz CT molecular complexity index is 1030. The van der Waals surface area contributed by atoms with Crippen LogP contribution in [0.5, 0.6) is 0 Å². The number of nitrogens with zero attached hydrogens (tertiary/aromatic N) is 1. The van der Waals surface area contributed by atoms with Crippen LogP contribution in [0.3, 0.4) is 0 Å². The maximum absolute atomic E-state index is 13.3. The molecule has 4 rings (SSSR count). The van der Waals surface area contributed by atoms with Gasteiger partial charge in [-0.1, -0.05) is 29.8 Å². The summed E-state index contributed by atoms with van der Waals surface area (Å²) in [5, 5.41) is 3.63. The van der Waals surface area contributed by atoms with Crippen molar-refractivity contribution in [1.82, 2.24) is 0 Å². The van der Waals surface area contributed by atoms with Crippen LogP contribution in [-0.2, 0) is 0 Å². The van der Waals surface area contributed by atoms with Crippen LogP contribution < -0.4 is 10.2 Å². The molecule has 148 valence electrons.